The third kappa shape index (κ3) is 3.78. The second-order valence-corrected chi connectivity index (χ2v) is 7.91. The predicted octanol–water partition coefficient (Wildman–Crippen LogP) is 4.46. The first-order valence-electron chi connectivity index (χ1n) is 10.5. The molecule has 1 aromatic carbocycles. The zero-order chi connectivity index (χ0) is 22.8. The van der Waals surface area contributed by atoms with Crippen molar-refractivity contribution in [3.8, 4) is 17.3 Å². The van der Waals surface area contributed by atoms with Crippen LogP contribution in [-0.2, 0) is 0 Å². The molecule has 0 bridgehead atoms. The van der Waals surface area contributed by atoms with Crippen LogP contribution in [0, 0.1) is 0 Å². The minimum atomic E-state index is -0.217. The van der Waals surface area contributed by atoms with Crippen molar-refractivity contribution in [2.24, 2.45) is 0 Å². The Labute approximate surface area is 197 Å². The quantitative estimate of drug-likeness (QED) is 0.429. The fourth-order valence-electron chi connectivity index (χ4n) is 4.24. The van der Waals surface area contributed by atoms with Gasteiger partial charge in [0, 0.05) is 30.4 Å². The van der Waals surface area contributed by atoms with Gasteiger partial charge in [-0.25, -0.2) is 4.98 Å². The highest BCUT2D eigenvalue weighted by atomic mass is 32.1. The van der Waals surface area contributed by atoms with Gasteiger partial charge in [-0.1, -0.05) is 12.1 Å². The number of nitrogens with zero attached hydrogens (tertiary/aromatic N) is 4. The standard InChI is InChI=1S/C25H23N5O2S/c1-31-17-11-12-21(32-2)20(16-17)30-24(23(28-25(30)33)18-8-3-5-13-26-18)19-9-7-15-29(19)22-10-4-6-14-27-22/h3-16,23-24H,1-2H3,(H,28,33). The molecule has 0 spiro atoms. The summed E-state index contributed by atoms with van der Waals surface area (Å²) in [5.41, 5.74) is 2.72. The van der Waals surface area contributed by atoms with Crippen LogP contribution in [0.15, 0.2) is 85.3 Å². The number of ether oxygens (including phenoxy) is 2. The van der Waals surface area contributed by atoms with E-state index >= 15 is 0 Å². The van der Waals surface area contributed by atoms with Crippen molar-refractivity contribution in [1.29, 1.82) is 0 Å². The third-order valence-electron chi connectivity index (χ3n) is 5.72. The highest BCUT2D eigenvalue weighted by Gasteiger charge is 2.43. The first kappa shape index (κ1) is 21.0. The van der Waals surface area contributed by atoms with Gasteiger partial charge in [0.2, 0.25) is 0 Å². The lowest BCUT2D eigenvalue weighted by atomic mass is 10.0. The Bertz CT molecular complexity index is 1260. The van der Waals surface area contributed by atoms with Gasteiger partial charge in [0.25, 0.3) is 0 Å². The van der Waals surface area contributed by atoms with Gasteiger partial charge >= 0.3 is 0 Å². The first-order chi connectivity index (χ1) is 16.2. The normalized spacial score (nSPS) is 17.6. The molecule has 2 unspecified atom stereocenters. The van der Waals surface area contributed by atoms with Crippen LogP contribution in [0.5, 0.6) is 11.5 Å². The first-order valence-corrected chi connectivity index (χ1v) is 10.9. The highest BCUT2D eigenvalue weighted by Crippen LogP contribution is 2.45. The van der Waals surface area contributed by atoms with Gasteiger partial charge in [0.05, 0.1) is 31.6 Å². The lowest BCUT2D eigenvalue weighted by molar-refractivity contribution is 0.402. The van der Waals surface area contributed by atoms with Crippen LogP contribution in [0.4, 0.5) is 5.69 Å². The fraction of sp³-hybridized carbons (Fsp3) is 0.160. The Morgan fingerprint density at radius 1 is 0.909 bits per heavy atom. The highest BCUT2D eigenvalue weighted by molar-refractivity contribution is 7.80. The molecule has 2 atom stereocenters. The Morgan fingerprint density at radius 3 is 2.42 bits per heavy atom. The van der Waals surface area contributed by atoms with Gasteiger partial charge < -0.3 is 24.3 Å². The summed E-state index contributed by atoms with van der Waals surface area (Å²) in [6.07, 6.45) is 5.59. The summed E-state index contributed by atoms with van der Waals surface area (Å²) in [7, 11) is 3.30. The van der Waals surface area contributed by atoms with Crippen LogP contribution in [0.1, 0.15) is 23.5 Å². The van der Waals surface area contributed by atoms with E-state index in [-0.39, 0.29) is 12.1 Å². The van der Waals surface area contributed by atoms with E-state index in [0.717, 1.165) is 22.9 Å². The van der Waals surface area contributed by atoms with Gasteiger partial charge in [-0.05, 0) is 60.7 Å². The van der Waals surface area contributed by atoms with Crippen molar-refractivity contribution in [2.75, 3.05) is 19.1 Å². The monoisotopic (exact) mass is 457 g/mol. The number of hydrogen-bond acceptors (Lipinski definition) is 5. The van der Waals surface area contributed by atoms with E-state index in [1.807, 2.05) is 66.9 Å². The summed E-state index contributed by atoms with van der Waals surface area (Å²) in [5.74, 6) is 2.24. The van der Waals surface area contributed by atoms with Crippen molar-refractivity contribution in [2.45, 2.75) is 12.1 Å². The van der Waals surface area contributed by atoms with E-state index in [4.69, 9.17) is 21.7 Å². The number of benzene rings is 1. The number of nitrogens with one attached hydrogen (secondary N) is 1. The average Bonchev–Trinajstić information content (AvgIpc) is 3.49. The number of hydrogen-bond donors (Lipinski definition) is 1. The molecule has 8 heteroatoms. The minimum absolute atomic E-state index is 0.188. The molecule has 1 N–H and O–H groups in total. The van der Waals surface area contributed by atoms with Crippen LogP contribution >= 0.6 is 12.2 Å². The van der Waals surface area contributed by atoms with E-state index in [1.165, 1.54) is 0 Å². The Balaban J connectivity index is 1.70. The van der Waals surface area contributed by atoms with E-state index in [2.05, 4.69) is 30.8 Å². The van der Waals surface area contributed by atoms with Crippen molar-refractivity contribution < 1.29 is 9.47 Å². The smallest absolute Gasteiger partial charge is 0.174 e. The average molecular weight is 458 g/mol. The molecule has 4 heterocycles. The predicted molar refractivity (Wildman–Crippen MR) is 131 cm³/mol. The molecular formula is C25H23N5O2S. The molecule has 5 rings (SSSR count). The molecule has 0 aliphatic carbocycles. The molecule has 1 fully saturated rings. The van der Waals surface area contributed by atoms with E-state index in [9.17, 15) is 0 Å². The maximum Gasteiger partial charge on any atom is 0.174 e. The topological polar surface area (TPSA) is 64.4 Å². The van der Waals surface area contributed by atoms with Crippen LogP contribution in [-0.4, -0.2) is 33.9 Å². The second kappa shape index (κ2) is 8.91. The summed E-state index contributed by atoms with van der Waals surface area (Å²) in [6, 6.07) is 21.2. The van der Waals surface area contributed by atoms with Gasteiger partial charge in [-0.15, -0.1) is 0 Å². The lowest BCUT2D eigenvalue weighted by Gasteiger charge is -2.30. The molecule has 1 aliphatic rings. The van der Waals surface area contributed by atoms with Crippen LogP contribution < -0.4 is 19.7 Å². The van der Waals surface area contributed by atoms with Crippen molar-refractivity contribution in [3.63, 3.8) is 0 Å². The largest absolute Gasteiger partial charge is 0.497 e. The number of anilines is 1. The lowest BCUT2D eigenvalue weighted by Crippen LogP contribution is -2.30. The third-order valence-corrected chi connectivity index (χ3v) is 6.04. The van der Waals surface area contributed by atoms with Crippen LogP contribution in [0.25, 0.3) is 5.82 Å². The number of pyridine rings is 2. The summed E-state index contributed by atoms with van der Waals surface area (Å²) in [5, 5.41) is 4.07. The van der Waals surface area contributed by atoms with E-state index < -0.39 is 0 Å². The van der Waals surface area contributed by atoms with Gasteiger partial charge in [0.1, 0.15) is 23.4 Å². The van der Waals surface area contributed by atoms with Gasteiger partial charge in [-0.3, -0.25) is 4.98 Å². The molecule has 166 valence electrons. The van der Waals surface area contributed by atoms with Crippen molar-refractivity contribution in [3.05, 3.63) is 96.7 Å². The van der Waals surface area contributed by atoms with Crippen LogP contribution in [0.3, 0.4) is 0 Å². The Hall–Kier alpha value is -3.91. The number of methoxy groups -OCH3 is 2. The van der Waals surface area contributed by atoms with E-state index in [0.29, 0.717) is 16.6 Å². The summed E-state index contributed by atoms with van der Waals surface area (Å²) in [4.78, 5) is 11.3. The summed E-state index contributed by atoms with van der Waals surface area (Å²) < 4.78 is 13.3. The van der Waals surface area contributed by atoms with Crippen molar-refractivity contribution in [1.82, 2.24) is 19.9 Å². The number of rotatable bonds is 6. The van der Waals surface area contributed by atoms with Crippen molar-refractivity contribution >= 4 is 23.0 Å². The maximum atomic E-state index is 5.86. The molecule has 7 nitrogen and oxygen atoms in total. The number of aromatic nitrogens is 3. The zero-order valence-corrected chi connectivity index (χ0v) is 19.1. The Morgan fingerprint density at radius 2 is 1.73 bits per heavy atom. The van der Waals surface area contributed by atoms with E-state index in [1.54, 1.807) is 26.6 Å². The van der Waals surface area contributed by atoms with Crippen LogP contribution in [0.2, 0.25) is 0 Å². The molecule has 0 radical (unpaired) electrons. The zero-order valence-electron chi connectivity index (χ0n) is 18.3. The van der Waals surface area contributed by atoms with Gasteiger partial charge in [0.15, 0.2) is 5.11 Å². The molecule has 33 heavy (non-hydrogen) atoms. The second-order valence-electron chi connectivity index (χ2n) is 7.53. The molecule has 0 amide bonds. The molecule has 0 saturated carbocycles. The SMILES string of the molecule is COc1ccc(OC)c(N2C(=S)NC(c3ccccn3)C2c2cccn2-c2ccccn2)c1. The molecular weight excluding hydrogens is 434 g/mol. The summed E-state index contributed by atoms with van der Waals surface area (Å²) >= 11 is 5.86. The molecule has 1 saturated heterocycles. The summed E-state index contributed by atoms with van der Waals surface area (Å²) in [6.45, 7) is 0. The minimum Gasteiger partial charge on any atom is -0.497 e. The molecule has 4 aromatic rings. The maximum absolute atomic E-state index is 5.86. The van der Waals surface area contributed by atoms with Gasteiger partial charge in [-0.2, -0.15) is 0 Å². The molecule has 3 aromatic heterocycles. The fourth-order valence-corrected chi connectivity index (χ4v) is 4.58. The Kier molecular flexibility index (Phi) is 5.66. The molecule has 1 aliphatic heterocycles. The number of thiocarbonyl (C=S) groups is 1.